The minimum absolute atomic E-state index is 0.298. The maximum atomic E-state index is 13.2. The molecule has 1 N–H and O–H groups in total. The van der Waals surface area contributed by atoms with Crippen molar-refractivity contribution in [3.05, 3.63) is 64.9 Å². The smallest absolute Gasteiger partial charge is 0.291 e. The summed E-state index contributed by atoms with van der Waals surface area (Å²) in [5, 5.41) is 21.8. The van der Waals surface area contributed by atoms with E-state index in [1.165, 1.54) is 23.1 Å². The number of carbonyl (C=O) groups excluding carboxylic acids is 1. The summed E-state index contributed by atoms with van der Waals surface area (Å²) in [6.07, 6.45) is 0.447. The Labute approximate surface area is 192 Å². The van der Waals surface area contributed by atoms with Crippen molar-refractivity contribution in [3.63, 3.8) is 0 Å². The van der Waals surface area contributed by atoms with Gasteiger partial charge in [-0.05, 0) is 25.1 Å². The van der Waals surface area contributed by atoms with E-state index >= 15 is 0 Å². The molecule has 0 unspecified atom stereocenters. The van der Waals surface area contributed by atoms with Crippen LogP contribution in [-0.2, 0) is 5.75 Å². The molecule has 0 aliphatic rings. The first kappa shape index (κ1) is 21.4. The second-order valence-corrected chi connectivity index (χ2v) is 10.0. The van der Waals surface area contributed by atoms with Gasteiger partial charge in [-0.3, -0.25) is 4.79 Å². The molecule has 1 amide bonds. The number of amides is 1. The molecule has 0 radical (unpaired) electrons. The van der Waals surface area contributed by atoms with Crippen molar-refractivity contribution in [2.75, 3.05) is 11.1 Å². The molecule has 0 saturated carbocycles. The van der Waals surface area contributed by atoms with Gasteiger partial charge >= 0.3 is 0 Å². The van der Waals surface area contributed by atoms with E-state index in [0.29, 0.717) is 35.0 Å². The molecule has 2 aromatic carbocycles. The van der Waals surface area contributed by atoms with Gasteiger partial charge in [0.25, 0.3) is 5.91 Å². The second-order valence-electron chi connectivity index (χ2n) is 6.49. The van der Waals surface area contributed by atoms with E-state index < -0.39 is 0 Å². The molecule has 9 heteroatoms. The summed E-state index contributed by atoms with van der Waals surface area (Å²) in [6, 6.07) is 17.4. The summed E-state index contributed by atoms with van der Waals surface area (Å²) in [5.74, 6) is 1.21. The molecule has 0 atom stereocenters. The van der Waals surface area contributed by atoms with Crippen LogP contribution in [0.25, 0.3) is 11.0 Å². The number of aryl methyl sites for hydroxylation is 1. The molecule has 0 fully saturated rings. The number of nitriles is 1. The molecule has 2 aromatic heterocycles. The number of furan rings is 1. The van der Waals surface area contributed by atoms with Crippen LogP contribution in [0.2, 0.25) is 0 Å². The van der Waals surface area contributed by atoms with Crippen LogP contribution in [-0.4, -0.2) is 21.9 Å². The van der Waals surface area contributed by atoms with Crippen LogP contribution in [0.3, 0.4) is 0 Å². The number of hydrogen-bond acceptors (Lipinski definition) is 8. The Balaban J connectivity index is 1.60. The van der Waals surface area contributed by atoms with Crippen molar-refractivity contribution in [2.45, 2.75) is 28.3 Å². The van der Waals surface area contributed by atoms with Crippen molar-refractivity contribution in [1.29, 1.82) is 5.26 Å². The number of benzene rings is 2. The molecule has 4 aromatic rings. The number of nitrogens with one attached hydrogen (secondary N) is 1. The highest BCUT2D eigenvalue weighted by Gasteiger charge is 2.22. The van der Waals surface area contributed by atoms with Crippen LogP contribution in [0.15, 0.2) is 62.2 Å². The summed E-state index contributed by atoms with van der Waals surface area (Å²) >= 11 is 4.61. The van der Waals surface area contributed by atoms with Crippen LogP contribution in [0, 0.1) is 18.3 Å². The van der Waals surface area contributed by atoms with Gasteiger partial charge in [0.1, 0.15) is 10.6 Å². The Morgan fingerprint density at radius 3 is 2.77 bits per heavy atom. The molecular formula is C22H18N4O2S3. The summed E-state index contributed by atoms with van der Waals surface area (Å²) in [5.41, 5.74) is 2.21. The Bertz CT molecular complexity index is 1260. The highest BCUT2D eigenvalue weighted by molar-refractivity contribution is 8.00. The van der Waals surface area contributed by atoms with Crippen LogP contribution >= 0.6 is 34.9 Å². The molecule has 0 saturated heterocycles. The molecule has 31 heavy (non-hydrogen) atoms. The third-order valence-corrected chi connectivity index (χ3v) is 7.43. The molecule has 0 aliphatic carbocycles. The number of fused-ring (bicyclic) bond motifs is 1. The van der Waals surface area contributed by atoms with Gasteiger partial charge in [0.05, 0.1) is 11.8 Å². The molecule has 0 spiro atoms. The third kappa shape index (κ3) is 5.10. The van der Waals surface area contributed by atoms with Crippen LogP contribution in [0.1, 0.15) is 27.5 Å². The van der Waals surface area contributed by atoms with Crippen molar-refractivity contribution in [1.82, 2.24) is 10.2 Å². The van der Waals surface area contributed by atoms with Gasteiger partial charge in [-0.2, -0.15) is 5.26 Å². The zero-order valence-electron chi connectivity index (χ0n) is 16.6. The van der Waals surface area contributed by atoms with E-state index in [-0.39, 0.29) is 5.91 Å². The standard InChI is InChI=1S/C22H18N4O2S3/c1-14-25-26-22(31-14)30-13-16-15-7-2-4-9-18(15)28-20(16)21(27)24-17-8-3-5-10-19(17)29-12-6-11-23/h2-5,7-10H,6,12-13H2,1H3,(H,24,27). The predicted molar refractivity (Wildman–Crippen MR) is 126 cm³/mol. The molecule has 6 nitrogen and oxygen atoms in total. The van der Waals surface area contributed by atoms with Crippen LogP contribution in [0.4, 0.5) is 5.69 Å². The topological polar surface area (TPSA) is 91.8 Å². The molecule has 4 rings (SSSR count). The Morgan fingerprint density at radius 2 is 1.97 bits per heavy atom. The molecule has 2 heterocycles. The van der Waals surface area contributed by atoms with E-state index in [1.807, 2.05) is 55.5 Å². The molecule has 0 aliphatic heterocycles. The predicted octanol–water partition coefficient (Wildman–Crippen LogP) is 6.14. The fraction of sp³-hybridized carbons (Fsp3) is 0.182. The third-order valence-electron chi connectivity index (χ3n) is 4.36. The lowest BCUT2D eigenvalue weighted by Gasteiger charge is -2.10. The highest BCUT2D eigenvalue weighted by atomic mass is 32.2. The number of nitrogens with zero attached hydrogens (tertiary/aromatic N) is 3. The Morgan fingerprint density at radius 1 is 1.16 bits per heavy atom. The minimum Gasteiger partial charge on any atom is -0.451 e. The summed E-state index contributed by atoms with van der Waals surface area (Å²) in [4.78, 5) is 14.1. The van der Waals surface area contributed by atoms with Gasteiger partial charge in [-0.25, -0.2) is 0 Å². The molecular weight excluding hydrogens is 448 g/mol. The lowest BCUT2D eigenvalue weighted by atomic mass is 10.1. The van der Waals surface area contributed by atoms with Gasteiger partial charge in [0.15, 0.2) is 10.1 Å². The van der Waals surface area contributed by atoms with Gasteiger partial charge in [0, 0.05) is 33.8 Å². The zero-order chi connectivity index (χ0) is 21.6. The van der Waals surface area contributed by atoms with E-state index in [1.54, 1.807) is 11.8 Å². The summed E-state index contributed by atoms with van der Waals surface area (Å²) < 4.78 is 6.81. The molecule has 0 bridgehead atoms. The Hall–Kier alpha value is -2.80. The van der Waals surface area contributed by atoms with E-state index in [4.69, 9.17) is 9.68 Å². The lowest BCUT2D eigenvalue weighted by Crippen LogP contribution is -2.13. The quantitative estimate of drug-likeness (QED) is 0.246. The normalized spacial score (nSPS) is 10.8. The monoisotopic (exact) mass is 466 g/mol. The maximum Gasteiger partial charge on any atom is 0.291 e. The largest absolute Gasteiger partial charge is 0.451 e. The van der Waals surface area contributed by atoms with Crippen molar-refractivity contribution in [2.24, 2.45) is 0 Å². The van der Waals surface area contributed by atoms with E-state index in [2.05, 4.69) is 21.6 Å². The lowest BCUT2D eigenvalue weighted by molar-refractivity contribution is 0.0997. The summed E-state index contributed by atoms with van der Waals surface area (Å²) in [7, 11) is 0. The maximum absolute atomic E-state index is 13.2. The Kier molecular flexibility index (Phi) is 6.92. The number of aromatic nitrogens is 2. The van der Waals surface area contributed by atoms with Crippen LogP contribution in [0.5, 0.6) is 0 Å². The van der Waals surface area contributed by atoms with Gasteiger partial charge in [-0.15, -0.1) is 22.0 Å². The SMILES string of the molecule is Cc1nnc(SCc2c(C(=O)Nc3ccccc3SCCC#N)oc3ccccc23)s1. The van der Waals surface area contributed by atoms with Gasteiger partial charge in [-0.1, -0.05) is 53.4 Å². The van der Waals surface area contributed by atoms with Crippen molar-refractivity contribution < 1.29 is 9.21 Å². The highest BCUT2D eigenvalue weighted by Crippen LogP contribution is 2.34. The average molecular weight is 467 g/mol. The zero-order valence-corrected chi connectivity index (χ0v) is 19.1. The first-order valence-corrected chi connectivity index (χ1v) is 12.3. The first-order chi connectivity index (χ1) is 15.2. The van der Waals surface area contributed by atoms with Crippen molar-refractivity contribution in [3.8, 4) is 6.07 Å². The average Bonchev–Trinajstić information content (AvgIpc) is 3.36. The number of rotatable bonds is 8. The van der Waals surface area contributed by atoms with Gasteiger partial charge < -0.3 is 9.73 Å². The second kappa shape index (κ2) is 10.0. The number of carbonyl (C=O) groups is 1. The fourth-order valence-corrected chi connectivity index (χ4v) is 5.68. The number of para-hydroxylation sites is 2. The van der Waals surface area contributed by atoms with E-state index in [9.17, 15) is 4.79 Å². The minimum atomic E-state index is -0.298. The summed E-state index contributed by atoms with van der Waals surface area (Å²) in [6.45, 7) is 1.92. The first-order valence-electron chi connectivity index (χ1n) is 9.49. The van der Waals surface area contributed by atoms with Gasteiger partial charge in [0.2, 0.25) is 0 Å². The van der Waals surface area contributed by atoms with E-state index in [0.717, 1.165) is 25.2 Å². The number of anilines is 1. The number of hydrogen-bond donors (Lipinski definition) is 1. The fourth-order valence-electron chi connectivity index (χ4n) is 2.98. The van der Waals surface area contributed by atoms with Crippen LogP contribution < -0.4 is 5.32 Å². The van der Waals surface area contributed by atoms with Crippen molar-refractivity contribution >= 4 is 57.4 Å². The molecule has 156 valence electrons. The number of thioether (sulfide) groups is 2.